The zero-order valence-electron chi connectivity index (χ0n) is 10.6. The quantitative estimate of drug-likeness (QED) is 0.443. The van der Waals surface area contributed by atoms with Crippen molar-refractivity contribution < 1.29 is 27.4 Å². The standard InChI is InChI=1S/C4H6O2.C3H8O3S.C2H6OS/c1-3(2)4(5)6;1-3(2)7(4,5)6;1-4(2)3/h1H2,2H3,(H,5,6);3H,1-2H3,(H,4,5,6);1-2H3. The van der Waals surface area contributed by atoms with Crippen LogP contribution in [0.15, 0.2) is 12.2 Å². The molecular formula is C9H20O6S2. The maximum atomic E-state index is 9.89. The summed E-state index contributed by atoms with van der Waals surface area (Å²) in [4.78, 5) is 9.60. The number of carbonyl (C=O) groups is 1. The molecule has 8 heteroatoms. The van der Waals surface area contributed by atoms with E-state index in [0.29, 0.717) is 0 Å². The molecule has 0 heterocycles. The molecule has 0 rings (SSSR count). The van der Waals surface area contributed by atoms with Crippen molar-refractivity contribution in [2.45, 2.75) is 26.0 Å². The van der Waals surface area contributed by atoms with E-state index in [-0.39, 0.29) is 5.57 Å². The van der Waals surface area contributed by atoms with E-state index in [2.05, 4.69) is 6.58 Å². The predicted molar refractivity (Wildman–Crippen MR) is 69.1 cm³/mol. The van der Waals surface area contributed by atoms with Crippen molar-refractivity contribution in [2.24, 2.45) is 0 Å². The maximum absolute atomic E-state index is 9.89. The highest BCUT2D eigenvalue weighted by atomic mass is 32.2. The summed E-state index contributed by atoms with van der Waals surface area (Å²) in [6.45, 7) is 7.43. The van der Waals surface area contributed by atoms with Gasteiger partial charge in [-0.2, -0.15) is 8.42 Å². The lowest BCUT2D eigenvalue weighted by Gasteiger charge is -1.94. The molecule has 2 N–H and O–H groups in total. The zero-order chi connectivity index (χ0) is 14.8. The van der Waals surface area contributed by atoms with E-state index < -0.39 is 32.5 Å². The Morgan fingerprint density at radius 2 is 1.47 bits per heavy atom. The fourth-order valence-electron chi connectivity index (χ4n) is 0. The molecule has 0 unspecified atom stereocenters. The third-order valence-corrected chi connectivity index (χ3v) is 2.15. The van der Waals surface area contributed by atoms with E-state index in [4.69, 9.17) is 9.66 Å². The van der Waals surface area contributed by atoms with E-state index in [9.17, 15) is 17.8 Å². The topological polar surface area (TPSA) is 115 Å². The van der Waals surface area contributed by atoms with E-state index in [0.717, 1.165) is 0 Å². The Morgan fingerprint density at radius 3 is 1.47 bits per heavy atom. The van der Waals surface area contributed by atoms with E-state index in [1.807, 2.05) is 0 Å². The summed E-state index contributed by atoms with van der Waals surface area (Å²) in [5.74, 6) is -0.935. The van der Waals surface area contributed by atoms with Crippen LogP contribution in [0, 0.1) is 0 Å². The molecule has 0 spiro atoms. The van der Waals surface area contributed by atoms with Gasteiger partial charge in [0.2, 0.25) is 0 Å². The Hall–Kier alpha value is -0.570. The van der Waals surface area contributed by atoms with Gasteiger partial charge in [-0.05, 0) is 20.8 Å². The second kappa shape index (κ2) is 10.6. The number of hydrogen-bond acceptors (Lipinski definition) is 4. The smallest absolute Gasteiger partial charge is 0.330 e. The van der Waals surface area contributed by atoms with Crippen LogP contribution < -0.4 is 0 Å². The lowest BCUT2D eigenvalue weighted by Crippen LogP contribution is -2.10. The highest BCUT2D eigenvalue weighted by molar-refractivity contribution is 7.89. The maximum Gasteiger partial charge on any atom is 0.330 e. The summed E-state index contributed by atoms with van der Waals surface area (Å²) in [5, 5.41) is 7.22. The van der Waals surface area contributed by atoms with Crippen LogP contribution in [0.2, 0.25) is 0 Å². The van der Waals surface area contributed by atoms with Crippen LogP contribution in [0.3, 0.4) is 0 Å². The van der Waals surface area contributed by atoms with Crippen molar-refractivity contribution in [1.29, 1.82) is 0 Å². The Bertz CT molecular complexity index is 304. The normalized spacial score (nSPS) is 9.94. The number of rotatable bonds is 2. The molecule has 0 aliphatic heterocycles. The Balaban J connectivity index is -0.000000180. The Morgan fingerprint density at radius 1 is 1.35 bits per heavy atom. The summed E-state index contributed by atoms with van der Waals surface area (Å²) < 4.78 is 37.4. The van der Waals surface area contributed by atoms with Gasteiger partial charge in [-0.25, -0.2) is 4.79 Å². The molecular weight excluding hydrogens is 268 g/mol. The molecule has 0 aliphatic carbocycles. The van der Waals surface area contributed by atoms with Gasteiger partial charge in [-0.1, -0.05) is 17.8 Å². The number of hydrogen-bond donors (Lipinski definition) is 2. The summed E-state index contributed by atoms with van der Waals surface area (Å²) in [6.07, 6.45) is 3.28. The molecule has 0 amide bonds. The fraction of sp³-hybridized carbons (Fsp3) is 0.667. The van der Waals surface area contributed by atoms with Gasteiger partial charge >= 0.3 is 5.97 Å². The molecule has 6 nitrogen and oxygen atoms in total. The lowest BCUT2D eigenvalue weighted by atomic mass is 10.4. The van der Waals surface area contributed by atoms with Crippen molar-refractivity contribution in [3.63, 3.8) is 0 Å². The van der Waals surface area contributed by atoms with Gasteiger partial charge in [0.15, 0.2) is 0 Å². The lowest BCUT2D eigenvalue weighted by molar-refractivity contribution is -0.132. The third-order valence-electron chi connectivity index (χ3n) is 0.961. The Labute approximate surface area is 106 Å². The van der Waals surface area contributed by atoms with Crippen LogP contribution in [0.5, 0.6) is 0 Å². The molecule has 17 heavy (non-hydrogen) atoms. The molecule has 0 bridgehead atoms. The van der Waals surface area contributed by atoms with Crippen LogP contribution >= 0.6 is 0 Å². The van der Waals surface area contributed by atoms with Crippen LogP contribution in [-0.2, 0) is 26.1 Å². The van der Waals surface area contributed by atoms with Gasteiger partial charge in [0.05, 0.1) is 17.8 Å². The largest absolute Gasteiger partial charge is 0.617 e. The third kappa shape index (κ3) is 31.3. The first-order chi connectivity index (χ1) is 7.32. The van der Waals surface area contributed by atoms with Crippen LogP contribution in [-0.4, -0.2) is 46.4 Å². The summed E-state index contributed by atoms with van der Waals surface area (Å²) in [5.41, 5.74) is 0.176. The predicted octanol–water partition coefficient (Wildman–Crippen LogP) is 0.924. The molecule has 0 saturated heterocycles. The van der Waals surface area contributed by atoms with E-state index in [1.54, 1.807) is 12.5 Å². The minimum Gasteiger partial charge on any atom is -0.617 e. The average Bonchev–Trinajstić information content (AvgIpc) is 2.01. The summed E-state index contributed by atoms with van der Waals surface area (Å²) in [6, 6.07) is 0. The Kier molecular flexibility index (Phi) is 13.5. The minimum atomic E-state index is -3.74. The molecule has 0 aromatic heterocycles. The van der Waals surface area contributed by atoms with Crippen LogP contribution in [0.1, 0.15) is 20.8 Å². The second-order valence-corrected chi connectivity index (χ2v) is 6.85. The van der Waals surface area contributed by atoms with Gasteiger partial charge in [0, 0.05) is 5.57 Å². The van der Waals surface area contributed by atoms with Gasteiger partial charge in [-0.15, -0.1) is 0 Å². The van der Waals surface area contributed by atoms with Crippen molar-refractivity contribution in [2.75, 3.05) is 12.5 Å². The summed E-state index contributed by atoms with van der Waals surface area (Å²) in [7, 11) is -3.74. The molecule has 0 fully saturated rings. The van der Waals surface area contributed by atoms with Crippen molar-refractivity contribution >= 4 is 27.3 Å². The minimum absolute atomic E-state index is 0.176. The molecule has 0 aromatic rings. The van der Waals surface area contributed by atoms with Crippen molar-refractivity contribution in [3.05, 3.63) is 12.2 Å². The van der Waals surface area contributed by atoms with Gasteiger partial charge < -0.3 is 9.66 Å². The highest BCUT2D eigenvalue weighted by Gasteiger charge is 2.08. The molecule has 0 radical (unpaired) electrons. The molecule has 0 aliphatic rings. The van der Waals surface area contributed by atoms with Gasteiger partial charge in [0.25, 0.3) is 10.1 Å². The molecule has 104 valence electrons. The highest BCUT2D eigenvalue weighted by Crippen LogP contribution is 1.91. The molecule has 0 aromatic carbocycles. The second-order valence-electron chi connectivity index (χ2n) is 3.39. The van der Waals surface area contributed by atoms with Gasteiger partial charge in [0.1, 0.15) is 0 Å². The molecule has 0 atom stereocenters. The summed E-state index contributed by atoms with van der Waals surface area (Å²) >= 11 is -0.611. The molecule has 0 saturated carbocycles. The van der Waals surface area contributed by atoms with Crippen LogP contribution in [0.4, 0.5) is 0 Å². The van der Waals surface area contributed by atoms with Crippen molar-refractivity contribution in [1.82, 2.24) is 0 Å². The van der Waals surface area contributed by atoms with Crippen molar-refractivity contribution in [3.8, 4) is 0 Å². The number of carboxylic acid groups (broad SMARTS) is 1. The SMILES string of the molecule is C=C(C)C(=O)O.CC(C)S(=O)(=O)O.C[S+](C)[O-]. The zero-order valence-corrected chi connectivity index (χ0v) is 12.3. The first-order valence-corrected chi connectivity index (χ1v) is 7.89. The van der Waals surface area contributed by atoms with E-state index >= 15 is 0 Å². The average molecular weight is 288 g/mol. The van der Waals surface area contributed by atoms with E-state index in [1.165, 1.54) is 20.8 Å². The van der Waals surface area contributed by atoms with Crippen LogP contribution in [0.25, 0.3) is 0 Å². The number of carboxylic acids is 1. The fourth-order valence-corrected chi connectivity index (χ4v) is 0. The van der Waals surface area contributed by atoms with Gasteiger partial charge in [-0.3, -0.25) is 4.55 Å². The monoisotopic (exact) mass is 288 g/mol. The first kappa shape index (κ1) is 21.7. The first-order valence-electron chi connectivity index (χ1n) is 4.42. The number of aliphatic carboxylic acids is 1.